The summed E-state index contributed by atoms with van der Waals surface area (Å²) in [6.45, 7) is 0.545. The van der Waals surface area contributed by atoms with E-state index in [1.807, 2.05) is 32.3 Å². The summed E-state index contributed by atoms with van der Waals surface area (Å²) in [6, 6.07) is 7.55. The molecule has 102 valence electrons. The van der Waals surface area contributed by atoms with E-state index in [1.54, 1.807) is 17.1 Å². The molecule has 0 aliphatic carbocycles. The lowest BCUT2D eigenvalue weighted by Gasteiger charge is -2.16. The molecule has 0 saturated heterocycles. The van der Waals surface area contributed by atoms with Crippen molar-refractivity contribution in [1.29, 1.82) is 0 Å². The van der Waals surface area contributed by atoms with Gasteiger partial charge in [-0.25, -0.2) is 4.98 Å². The van der Waals surface area contributed by atoms with Gasteiger partial charge in [0.2, 0.25) is 0 Å². The molecule has 6 heteroatoms. The zero-order chi connectivity index (χ0) is 13.7. The molecule has 0 aliphatic heterocycles. The van der Waals surface area contributed by atoms with Crippen LogP contribution in [0.25, 0.3) is 0 Å². The first kappa shape index (κ1) is 13.8. The maximum atomic E-state index is 5.91. The SMILES string of the molecule is CNC(COc1cccc(Cl)c1)Cc1ncnn1C. The van der Waals surface area contributed by atoms with Crippen LogP contribution in [0.5, 0.6) is 5.75 Å². The van der Waals surface area contributed by atoms with Gasteiger partial charge in [-0.2, -0.15) is 5.10 Å². The first-order chi connectivity index (χ1) is 9.19. The number of ether oxygens (including phenoxy) is 1. The molecule has 19 heavy (non-hydrogen) atoms. The van der Waals surface area contributed by atoms with E-state index in [9.17, 15) is 0 Å². The zero-order valence-corrected chi connectivity index (χ0v) is 11.8. The predicted octanol–water partition coefficient (Wildman–Crippen LogP) is 1.68. The molecule has 0 aliphatic rings. The molecule has 0 amide bonds. The molecule has 1 aromatic heterocycles. The van der Waals surface area contributed by atoms with Crippen LogP contribution in [0, 0.1) is 0 Å². The van der Waals surface area contributed by atoms with Crippen LogP contribution in [-0.4, -0.2) is 34.5 Å². The van der Waals surface area contributed by atoms with Crippen LogP contribution < -0.4 is 10.1 Å². The largest absolute Gasteiger partial charge is 0.492 e. The highest BCUT2D eigenvalue weighted by atomic mass is 35.5. The van der Waals surface area contributed by atoms with Gasteiger partial charge in [0.15, 0.2) is 0 Å². The molecule has 0 fully saturated rings. The smallest absolute Gasteiger partial charge is 0.138 e. The molecule has 2 rings (SSSR count). The van der Waals surface area contributed by atoms with Crippen molar-refractivity contribution in [2.75, 3.05) is 13.7 Å². The third-order valence-corrected chi connectivity index (χ3v) is 3.12. The molecule has 1 atom stereocenters. The van der Waals surface area contributed by atoms with Gasteiger partial charge in [0.1, 0.15) is 24.5 Å². The minimum Gasteiger partial charge on any atom is -0.492 e. The third-order valence-electron chi connectivity index (χ3n) is 2.89. The molecule has 1 N–H and O–H groups in total. The average Bonchev–Trinajstić information content (AvgIpc) is 2.80. The summed E-state index contributed by atoms with van der Waals surface area (Å²) in [7, 11) is 3.79. The van der Waals surface area contributed by atoms with E-state index >= 15 is 0 Å². The van der Waals surface area contributed by atoms with Crippen molar-refractivity contribution in [3.8, 4) is 5.75 Å². The van der Waals surface area contributed by atoms with E-state index in [-0.39, 0.29) is 6.04 Å². The van der Waals surface area contributed by atoms with E-state index < -0.39 is 0 Å². The maximum absolute atomic E-state index is 5.91. The second kappa shape index (κ2) is 6.54. The average molecular weight is 281 g/mol. The number of benzene rings is 1. The van der Waals surface area contributed by atoms with Crippen molar-refractivity contribution in [3.05, 3.63) is 41.4 Å². The van der Waals surface area contributed by atoms with Gasteiger partial charge < -0.3 is 10.1 Å². The van der Waals surface area contributed by atoms with Crippen molar-refractivity contribution in [1.82, 2.24) is 20.1 Å². The number of hydrogen-bond acceptors (Lipinski definition) is 4. The van der Waals surface area contributed by atoms with Crippen LogP contribution in [0.3, 0.4) is 0 Å². The van der Waals surface area contributed by atoms with Gasteiger partial charge in [0.25, 0.3) is 0 Å². The summed E-state index contributed by atoms with van der Waals surface area (Å²) in [5, 5.41) is 7.94. The van der Waals surface area contributed by atoms with Crippen LogP contribution in [0.2, 0.25) is 5.02 Å². The van der Waals surface area contributed by atoms with Crippen molar-refractivity contribution >= 4 is 11.6 Å². The Morgan fingerprint density at radius 2 is 2.32 bits per heavy atom. The van der Waals surface area contributed by atoms with Crippen LogP contribution >= 0.6 is 11.6 Å². The highest BCUT2D eigenvalue weighted by Gasteiger charge is 2.12. The van der Waals surface area contributed by atoms with Crippen molar-refractivity contribution in [2.45, 2.75) is 12.5 Å². The number of nitrogens with one attached hydrogen (secondary N) is 1. The van der Waals surface area contributed by atoms with Crippen LogP contribution in [-0.2, 0) is 13.5 Å². The lowest BCUT2D eigenvalue weighted by molar-refractivity contribution is 0.267. The fourth-order valence-corrected chi connectivity index (χ4v) is 1.90. The Kier molecular flexibility index (Phi) is 4.76. The van der Waals surface area contributed by atoms with Gasteiger partial charge in [-0.15, -0.1) is 0 Å². The summed E-state index contributed by atoms with van der Waals surface area (Å²) >= 11 is 5.91. The fraction of sp³-hybridized carbons (Fsp3) is 0.385. The van der Waals surface area contributed by atoms with E-state index in [1.165, 1.54) is 0 Å². The van der Waals surface area contributed by atoms with Crippen molar-refractivity contribution in [3.63, 3.8) is 0 Å². The Balaban J connectivity index is 1.91. The first-order valence-corrected chi connectivity index (χ1v) is 6.45. The second-order valence-corrected chi connectivity index (χ2v) is 4.69. The predicted molar refractivity (Wildman–Crippen MR) is 74.5 cm³/mol. The van der Waals surface area contributed by atoms with E-state index in [2.05, 4.69) is 15.4 Å². The van der Waals surface area contributed by atoms with Gasteiger partial charge in [-0.05, 0) is 25.2 Å². The summed E-state index contributed by atoms with van der Waals surface area (Å²) in [5.41, 5.74) is 0. The summed E-state index contributed by atoms with van der Waals surface area (Å²) in [4.78, 5) is 4.21. The van der Waals surface area contributed by atoms with Gasteiger partial charge in [-0.1, -0.05) is 17.7 Å². The normalized spacial score (nSPS) is 12.4. The number of aryl methyl sites for hydroxylation is 1. The summed E-state index contributed by atoms with van der Waals surface area (Å²) < 4.78 is 7.49. The molecular formula is C13H17ClN4O. The molecule has 0 radical (unpaired) electrons. The molecule has 5 nitrogen and oxygen atoms in total. The van der Waals surface area contributed by atoms with Gasteiger partial charge in [-0.3, -0.25) is 4.68 Å². The molecule has 2 aromatic rings. The standard InChI is InChI=1S/C13H17ClN4O/c1-15-11(7-13-16-9-17-18(13)2)8-19-12-5-3-4-10(14)6-12/h3-6,9,11,15H,7-8H2,1-2H3. The zero-order valence-electron chi connectivity index (χ0n) is 11.0. The van der Waals surface area contributed by atoms with Gasteiger partial charge >= 0.3 is 0 Å². The molecule has 0 spiro atoms. The van der Waals surface area contributed by atoms with Crippen molar-refractivity contribution in [2.24, 2.45) is 7.05 Å². The molecule has 1 unspecified atom stereocenters. The Morgan fingerprint density at radius 3 is 2.95 bits per heavy atom. The summed E-state index contributed by atoms with van der Waals surface area (Å²) in [6.07, 6.45) is 2.31. The van der Waals surface area contributed by atoms with Gasteiger partial charge in [0.05, 0.1) is 0 Å². The van der Waals surface area contributed by atoms with Gasteiger partial charge in [0, 0.05) is 24.5 Å². The Hall–Kier alpha value is -1.59. The number of halogens is 1. The highest BCUT2D eigenvalue weighted by Crippen LogP contribution is 2.17. The van der Waals surface area contributed by atoms with E-state index in [0.29, 0.717) is 11.6 Å². The molecular weight excluding hydrogens is 264 g/mol. The van der Waals surface area contributed by atoms with Crippen LogP contribution in [0.15, 0.2) is 30.6 Å². The monoisotopic (exact) mass is 280 g/mol. The number of hydrogen-bond donors (Lipinski definition) is 1. The van der Waals surface area contributed by atoms with Crippen LogP contribution in [0.1, 0.15) is 5.82 Å². The first-order valence-electron chi connectivity index (χ1n) is 6.07. The number of rotatable bonds is 6. The summed E-state index contributed by atoms with van der Waals surface area (Å²) in [5.74, 6) is 1.69. The molecule has 0 saturated carbocycles. The molecule has 0 bridgehead atoms. The minimum atomic E-state index is 0.168. The molecule has 1 aromatic carbocycles. The molecule has 1 heterocycles. The Bertz CT molecular complexity index is 529. The van der Waals surface area contributed by atoms with Crippen LogP contribution in [0.4, 0.5) is 0 Å². The third kappa shape index (κ3) is 3.94. The fourth-order valence-electron chi connectivity index (χ4n) is 1.72. The highest BCUT2D eigenvalue weighted by molar-refractivity contribution is 6.30. The number of nitrogens with zero attached hydrogens (tertiary/aromatic N) is 3. The number of aromatic nitrogens is 3. The van der Waals surface area contributed by atoms with Crippen molar-refractivity contribution < 1.29 is 4.74 Å². The minimum absolute atomic E-state index is 0.168. The lowest BCUT2D eigenvalue weighted by atomic mass is 10.2. The Labute approximate surface area is 117 Å². The Morgan fingerprint density at radius 1 is 1.47 bits per heavy atom. The maximum Gasteiger partial charge on any atom is 0.138 e. The number of likely N-dealkylation sites (N-methyl/N-ethyl adjacent to an activating group) is 1. The quantitative estimate of drug-likeness (QED) is 0.875. The second-order valence-electron chi connectivity index (χ2n) is 4.26. The van der Waals surface area contributed by atoms with E-state index in [0.717, 1.165) is 18.0 Å². The van der Waals surface area contributed by atoms with E-state index in [4.69, 9.17) is 16.3 Å². The lowest BCUT2D eigenvalue weighted by Crippen LogP contribution is -2.34. The topological polar surface area (TPSA) is 52.0 Å².